The molecule has 0 aliphatic heterocycles. The van der Waals surface area contributed by atoms with E-state index in [-0.39, 0.29) is 11.8 Å². The first-order valence-electron chi connectivity index (χ1n) is 6.71. The minimum absolute atomic E-state index is 0.122. The van der Waals surface area contributed by atoms with Crippen molar-refractivity contribution >= 4 is 17.3 Å². The lowest BCUT2D eigenvalue weighted by Gasteiger charge is -2.20. The van der Waals surface area contributed by atoms with E-state index in [9.17, 15) is 4.79 Å². The monoisotopic (exact) mass is 263 g/mol. The van der Waals surface area contributed by atoms with Crippen molar-refractivity contribution < 1.29 is 4.79 Å². The molecule has 0 spiro atoms. The van der Waals surface area contributed by atoms with Gasteiger partial charge in [0.05, 0.1) is 6.04 Å². The third-order valence-corrected chi connectivity index (χ3v) is 3.52. The van der Waals surface area contributed by atoms with Crippen LogP contribution < -0.4 is 16.0 Å². The molecule has 0 heterocycles. The van der Waals surface area contributed by atoms with E-state index in [0.717, 1.165) is 17.8 Å². The summed E-state index contributed by atoms with van der Waals surface area (Å²) in [5.41, 5.74) is 8.98. The van der Waals surface area contributed by atoms with Crippen LogP contribution in [0.25, 0.3) is 0 Å². The maximum Gasteiger partial charge on any atom is 0.241 e. The molecule has 0 aliphatic rings. The average Bonchev–Trinajstić information content (AvgIpc) is 2.38. The van der Waals surface area contributed by atoms with E-state index >= 15 is 0 Å². The lowest BCUT2D eigenvalue weighted by atomic mass is 9.99. The van der Waals surface area contributed by atoms with Gasteiger partial charge in [-0.2, -0.15) is 0 Å². The number of nitrogens with zero attached hydrogens (tertiary/aromatic N) is 1. The van der Waals surface area contributed by atoms with Crippen LogP contribution in [0.1, 0.15) is 25.8 Å². The summed E-state index contributed by atoms with van der Waals surface area (Å²) in [6.45, 7) is 6.07. The topological polar surface area (TPSA) is 58.4 Å². The fourth-order valence-electron chi connectivity index (χ4n) is 1.91. The number of anilines is 2. The lowest BCUT2D eigenvalue weighted by Crippen LogP contribution is -2.40. The molecule has 0 fully saturated rings. The molecule has 1 aromatic rings. The Kier molecular flexibility index (Phi) is 5.36. The van der Waals surface area contributed by atoms with Crippen LogP contribution in [0.2, 0.25) is 0 Å². The predicted molar refractivity (Wildman–Crippen MR) is 81.6 cm³/mol. The highest BCUT2D eigenvalue weighted by Gasteiger charge is 2.19. The van der Waals surface area contributed by atoms with Crippen molar-refractivity contribution in [3.05, 3.63) is 23.8 Å². The number of nitrogens with two attached hydrogens (primary N) is 1. The quantitative estimate of drug-likeness (QED) is 0.857. The second-order valence-corrected chi connectivity index (χ2v) is 5.30. The maximum absolute atomic E-state index is 12.0. The van der Waals surface area contributed by atoms with E-state index in [1.165, 1.54) is 5.56 Å². The maximum atomic E-state index is 12.0. The Morgan fingerprint density at radius 1 is 1.42 bits per heavy atom. The van der Waals surface area contributed by atoms with Crippen LogP contribution in [-0.4, -0.2) is 26.0 Å². The van der Waals surface area contributed by atoms with Gasteiger partial charge in [-0.3, -0.25) is 4.79 Å². The summed E-state index contributed by atoms with van der Waals surface area (Å²) >= 11 is 0. The molecular weight excluding hydrogens is 238 g/mol. The van der Waals surface area contributed by atoms with Gasteiger partial charge < -0.3 is 16.0 Å². The number of benzene rings is 1. The zero-order valence-electron chi connectivity index (χ0n) is 12.5. The van der Waals surface area contributed by atoms with Gasteiger partial charge >= 0.3 is 0 Å². The van der Waals surface area contributed by atoms with E-state index in [1.54, 1.807) is 0 Å². The van der Waals surface area contributed by atoms with Gasteiger partial charge in [0.15, 0.2) is 0 Å². The van der Waals surface area contributed by atoms with E-state index in [1.807, 2.05) is 58.0 Å². The van der Waals surface area contributed by atoms with Gasteiger partial charge in [0.25, 0.3) is 0 Å². The molecule has 0 radical (unpaired) electrons. The zero-order chi connectivity index (χ0) is 14.6. The van der Waals surface area contributed by atoms with Gasteiger partial charge in [0.1, 0.15) is 0 Å². The van der Waals surface area contributed by atoms with Crippen LogP contribution >= 0.6 is 0 Å². The van der Waals surface area contributed by atoms with Gasteiger partial charge in [-0.1, -0.05) is 26.3 Å². The largest absolute Gasteiger partial charge is 0.377 e. The molecule has 1 amide bonds. The van der Waals surface area contributed by atoms with Crippen molar-refractivity contribution in [2.75, 3.05) is 24.3 Å². The van der Waals surface area contributed by atoms with Crippen LogP contribution in [-0.2, 0) is 4.79 Å². The summed E-state index contributed by atoms with van der Waals surface area (Å²) in [4.78, 5) is 14.1. The van der Waals surface area contributed by atoms with Crippen molar-refractivity contribution in [3.63, 3.8) is 0 Å². The predicted octanol–water partition coefficient (Wildman–Crippen LogP) is 2.37. The molecule has 0 saturated carbocycles. The average molecular weight is 263 g/mol. The molecule has 2 atom stereocenters. The number of aryl methyl sites for hydroxylation is 1. The summed E-state index contributed by atoms with van der Waals surface area (Å²) < 4.78 is 0. The molecule has 19 heavy (non-hydrogen) atoms. The van der Waals surface area contributed by atoms with Crippen LogP contribution in [0, 0.1) is 12.8 Å². The van der Waals surface area contributed by atoms with Gasteiger partial charge in [0.2, 0.25) is 5.91 Å². The smallest absolute Gasteiger partial charge is 0.241 e. The number of hydrogen-bond donors (Lipinski definition) is 2. The van der Waals surface area contributed by atoms with Gasteiger partial charge in [0, 0.05) is 25.5 Å². The number of carbonyl (C=O) groups excluding carboxylic acids is 1. The zero-order valence-corrected chi connectivity index (χ0v) is 12.5. The van der Waals surface area contributed by atoms with Crippen LogP contribution in [0.5, 0.6) is 0 Å². The highest BCUT2D eigenvalue weighted by Crippen LogP contribution is 2.22. The summed E-state index contributed by atoms with van der Waals surface area (Å²) in [6.07, 6.45) is 0.894. The minimum Gasteiger partial charge on any atom is -0.377 e. The van der Waals surface area contributed by atoms with Crippen molar-refractivity contribution in [1.29, 1.82) is 0 Å². The Morgan fingerprint density at radius 3 is 2.58 bits per heavy atom. The first-order valence-corrected chi connectivity index (χ1v) is 6.71. The normalized spacial score (nSPS) is 13.8. The fraction of sp³-hybridized carbons (Fsp3) is 0.533. The Hall–Kier alpha value is -1.55. The molecule has 106 valence electrons. The van der Waals surface area contributed by atoms with Crippen LogP contribution in [0.15, 0.2) is 18.2 Å². The standard InChI is InChI=1S/C15H25N3O/c1-6-10(2)14(16)15(19)17-12-8-7-11(3)13(9-12)18(4)5/h7-10,14H,6,16H2,1-5H3,(H,17,19). The summed E-state index contributed by atoms with van der Waals surface area (Å²) in [5.74, 6) is 0.0571. The molecule has 0 saturated heterocycles. The van der Waals surface area contributed by atoms with Gasteiger partial charge in [-0.25, -0.2) is 0 Å². The van der Waals surface area contributed by atoms with Crippen molar-refractivity contribution in [2.24, 2.45) is 11.7 Å². The summed E-state index contributed by atoms with van der Waals surface area (Å²) in [5, 5.41) is 2.89. The Balaban J connectivity index is 2.83. The van der Waals surface area contributed by atoms with Crippen molar-refractivity contribution in [2.45, 2.75) is 33.2 Å². The number of hydrogen-bond acceptors (Lipinski definition) is 3. The molecule has 1 rings (SSSR count). The highest BCUT2D eigenvalue weighted by atomic mass is 16.2. The molecule has 0 aromatic heterocycles. The Morgan fingerprint density at radius 2 is 2.05 bits per heavy atom. The van der Waals surface area contributed by atoms with Crippen LogP contribution in [0.3, 0.4) is 0 Å². The van der Waals surface area contributed by atoms with Crippen molar-refractivity contribution in [1.82, 2.24) is 0 Å². The highest BCUT2D eigenvalue weighted by molar-refractivity contribution is 5.95. The first kappa shape index (κ1) is 15.5. The Bertz CT molecular complexity index is 443. The first-order chi connectivity index (χ1) is 8.86. The van der Waals surface area contributed by atoms with E-state index < -0.39 is 6.04 Å². The third kappa shape index (κ3) is 3.96. The molecule has 4 nitrogen and oxygen atoms in total. The Labute approximate surface area is 116 Å². The molecule has 4 heteroatoms. The molecule has 3 N–H and O–H groups in total. The number of rotatable bonds is 5. The lowest BCUT2D eigenvalue weighted by molar-refractivity contribution is -0.118. The summed E-state index contributed by atoms with van der Waals surface area (Å²) in [6, 6.07) is 5.41. The van der Waals surface area contributed by atoms with Crippen molar-refractivity contribution in [3.8, 4) is 0 Å². The summed E-state index contributed by atoms with van der Waals surface area (Å²) in [7, 11) is 3.97. The van der Waals surface area contributed by atoms with E-state index in [2.05, 4.69) is 5.32 Å². The van der Waals surface area contributed by atoms with Crippen LogP contribution in [0.4, 0.5) is 11.4 Å². The van der Waals surface area contributed by atoms with E-state index in [0.29, 0.717) is 0 Å². The second-order valence-electron chi connectivity index (χ2n) is 5.30. The van der Waals surface area contributed by atoms with E-state index in [4.69, 9.17) is 5.73 Å². The van der Waals surface area contributed by atoms with Gasteiger partial charge in [-0.05, 0) is 30.5 Å². The molecule has 1 aromatic carbocycles. The number of carbonyl (C=O) groups is 1. The third-order valence-electron chi connectivity index (χ3n) is 3.52. The van der Waals surface area contributed by atoms with Gasteiger partial charge in [-0.15, -0.1) is 0 Å². The minimum atomic E-state index is -0.464. The SMILES string of the molecule is CCC(C)C(N)C(=O)Nc1ccc(C)c(N(C)C)c1. The molecule has 2 unspecified atom stereocenters. The molecule has 0 aliphatic carbocycles. The second kappa shape index (κ2) is 6.57. The fourth-order valence-corrected chi connectivity index (χ4v) is 1.91. The number of amides is 1. The molecular formula is C15H25N3O. The molecule has 0 bridgehead atoms. The number of nitrogens with one attached hydrogen (secondary N) is 1.